The van der Waals surface area contributed by atoms with Gasteiger partial charge in [0.15, 0.2) is 0 Å². The van der Waals surface area contributed by atoms with E-state index < -0.39 is 0 Å². The third-order valence-corrected chi connectivity index (χ3v) is 4.68. The summed E-state index contributed by atoms with van der Waals surface area (Å²) in [5.41, 5.74) is 0.945. The smallest absolute Gasteiger partial charge is 0.411 e. The zero-order valence-corrected chi connectivity index (χ0v) is 12.2. The average Bonchev–Trinajstić information content (AvgIpc) is 2.45. The first-order chi connectivity index (χ1) is 10.7. The fourth-order valence-electron chi connectivity index (χ4n) is 3.29. The molecular weight excluding hydrogens is 284 g/mol. The molecule has 0 spiro atoms. The van der Waals surface area contributed by atoms with Crippen LogP contribution in [0.4, 0.5) is 4.79 Å². The fraction of sp³-hybridized carbons (Fsp3) is 0.500. The van der Waals surface area contributed by atoms with Crippen molar-refractivity contribution in [2.75, 3.05) is 19.8 Å². The van der Waals surface area contributed by atoms with Crippen LogP contribution in [0, 0.1) is 0 Å². The Labute approximate surface area is 130 Å². The third-order valence-electron chi connectivity index (χ3n) is 4.68. The number of likely N-dealkylation sites (tertiary alicyclic amines) is 2. The topological polar surface area (TPSA) is 59.1 Å². The zero-order valence-electron chi connectivity index (χ0n) is 12.2. The van der Waals surface area contributed by atoms with Crippen molar-refractivity contribution in [1.82, 2.24) is 9.80 Å². The van der Waals surface area contributed by atoms with Crippen LogP contribution >= 0.6 is 0 Å². The highest BCUT2D eigenvalue weighted by molar-refractivity contribution is 5.90. The van der Waals surface area contributed by atoms with Crippen LogP contribution in [-0.2, 0) is 20.9 Å². The van der Waals surface area contributed by atoms with Gasteiger partial charge in [-0.15, -0.1) is 0 Å². The van der Waals surface area contributed by atoms with Gasteiger partial charge in [-0.2, -0.15) is 0 Å². The fourth-order valence-corrected chi connectivity index (χ4v) is 3.29. The molecule has 0 N–H and O–H groups in total. The lowest BCUT2D eigenvalue weighted by molar-refractivity contribution is -0.173. The monoisotopic (exact) mass is 304 g/mol. The molecule has 4 rings (SSSR count). The van der Waals surface area contributed by atoms with Crippen LogP contribution in [0.15, 0.2) is 30.3 Å². The van der Waals surface area contributed by atoms with Gasteiger partial charge in [0, 0.05) is 7.97 Å². The molecule has 3 aliphatic heterocycles. The van der Waals surface area contributed by atoms with Crippen LogP contribution in [-0.4, -0.2) is 59.7 Å². The largest absolute Gasteiger partial charge is 0.445 e. The van der Waals surface area contributed by atoms with Gasteiger partial charge in [-0.25, -0.2) is 4.79 Å². The summed E-state index contributed by atoms with van der Waals surface area (Å²) in [7, 11) is 0. The summed E-state index contributed by atoms with van der Waals surface area (Å²) >= 11 is 0. The predicted octanol–water partition coefficient (Wildman–Crippen LogP) is 1.25. The molecule has 0 radical (unpaired) electrons. The van der Waals surface area contributed by atoms with Crippen LogP contribution in [0.25, 0.3) is 0 Å². The Kier molecular flexibility index (Phi) is 3.26. The van der Waals surface area contributed by atoms with Crippen molar-refractivity contribution in [2.45, 2.75) is 31.2 Å². The number of benzene rings is 1. The molecule has 0 aliphatic carbocycles. The lowest BCUT2D eigenvalue weighted by Gasteiger charge is -2.56. The molecule has 2 bridgehead atoms. The SMILES string of the molecule is O=C1C2C[C@H](CN1C1COC1)N2C(=O)OCc1ccccc1.[HH]. The Bertz CT molecular complexity index is 593. The van der Waals surface area contributed by atoms with E-state index in [0.29, 0.717) is 19.8 Å². The summed E-state index contributed by atoms with van der Waals surface area (Å²) in [5.74, 6) is 0.0347. The third kappa shape index (κ3) is 2.14. The van der Waals surface area contributed by atoms with Gasteiger partial charge >= 0.3 is 6.09 Å². The number of piperazine rings is 1. The zero-order chi connectivity index (χ0) is 15.1. The highest BCUT2D eigenvalue weighted by Gasteiger charge is 2.55. The molecule has 1 aromatic carbocycles. The number of fused-ring (bicyclic) bond motifs is 2. The van der Waals surface area contributed by atoms with E-state index in [1.165, 1.54) is 0 Å². The van der Waals surface area contributed by atoms with Gasteiger partial charge in [-0.3, -0.25) is 9.69 Å². The Hall–Kier alpha value is -2.08. The first-order valence-electron chi connectivity index (χ1n) is 7.61. The molecule has 1 unspecified atom stereocenters. The van der Waals surface area contributed by atoms with Crippen LogP contribution < -0.4 is 0 Å². The van der Waals surface area contributed by atoms with E-state index in [1.54, 1.807) is 4.90 Å². The Balaban J connectivity index is 0.00000156. The summed E-state index contributed by atoms with van der Waals surface area (Å²) < 4.78 is 10.5. The Morgan fingerprint density at radius 2 is 2.05 bits per heavy atom. The van der Waals surface area contributed by atoms with Gasteiger partial charge in [-0.05, 0) is 12.0 Å². The van der Waals surface area contributed by atoms with Gasteiger partial charge in [-0.1, -0.05) is 30.3 Å². The summed E-state index contributed by atoms with van der Waals surface area (Å²) in [5, 5.41) is 0. The molecule has 6 nitrogen and oxygen atoms in total. The molecule has 0 aromatic heterocycles. The summed E-state index contributed by atoms with van der Waals surface area (Å²) in [6.07, 6.45) is 0.367. The molecule has 22 heavy (non-hydrogen) atoms. The molecule has 6 heteroatoms. The lowest BCUT2D eigenvalue weighted by atomic mass is 9.86. The highest BCUT2D eigenvalue weighted by atomic mass is 16.6. The molecule has 3 heterocycles. The molecule has 2 amide bonds. The summed E-state index contributed by atoms with van der Waals surface area (Å²) in [4.78, 5) is 28.1. The maximum absolute atomic E-state index is 12.4. The minimum Gasteiger partial charge on any atom is -0.445 e. The lowest BCUT2D eigenvalue weighted by Crippen LogP contribution is -2.75. The van der Waals surface area contributed by atoms with E-state index >= 15 is 0 Å². The maximum Gasteiger partial charge on any atom is 0.411 e. The number of piperidine rings is 1. The van der Waals surface area contributed by atoms with Crippen LogP contribution in [0.1, 0.15) is 13.4 Å². The predicted molar refractivity (Wildman–Crippen MR) is 79.1 cm³/mol. The summed E-state index contributed by atoms with van der Waals surface area (Å²) in [6.45, 7) is 2.07. The van der Waals surface area contributed by atoms with E-state index in [1.807, 2.05) is 35.2 Å². The van der Waals surface area contributed by atoms with E-state index in [0.717, 1.165) is 12.0 Å². The van der Waals surface area contributed by atoms with Crippen molar-refractivity contribution >= 4 is 12.0 Å². The van der Waals surface area contributed by atoms with Gasteiger partial charge < -0.3 is 14.4 Å². The molecular formula is C16H20N2O4. The quantitative estimate of drug-likeness (QED) is 0.843. The summed E-state index contributed by atoms with van der Waals surface area (Å²) in [6, 6.07) is 9.49. The molecule has 1 aromatic rings. The van der Waals surface area contributed by atoms with E-state index in [4.69, 9.17) is 9.47 Å². The van der Waals surface area contributed by atoms with Crippen LogP contribution in [0.5, 0.6) is 0 Å². The van der Waals surface area contributed by atoms with Crippen molar-refractivity contribution in [3.8, 4) is 0 Å². The number of rotatable bonds is 3. The normalized spacial score (nSPS) is 27.2. The van der Waals surface area contributed by atoms with Crippen molar-refractivity contribution in [3.05, 3.63) is 35.9 Å². The molecule has 3 saturated heterocycles. The number of ether oxygens (including phenoxy) is 2. The molecule has 3 aliphatic rings. The van der Waals surface area contributed by atoms with Crippen molar-refractivity contribution in [2.24, 2.45) is 0 Å². The second-order valence-electron chi connectivity index (χ2n) is 6.03. The first-order valence-corrected chi connectivity index (χ1v) is 7.61. The van der Waals surface area contributed by atoms with Gasteiger partial charge in [0.2, 0.25) is 5.91 Å². The minimum absolute atomic E-state index is 0. The second-order valence-corrected chi connectivity index (χ2v) is 6.03. The molecule has 0 saturated carbocycles. The second kappa shape index (κ2) is 5.28. The van der Waals surface area contributed by atoms with E-state index in [2.05, 4.69) is 0 Å². The van der Waals surface area contributed by atoms with Crippen molar-refractivity contribution in [1.29, 1.82) is 0 Å². The van der Waals surface area contributed by atoms with Crippen LogP contribution in [0.2, 0.25) is 0 Å². The molecule has 2 atom stereocenters. The number of hydrogen-bond donors (Lipinski definition) is 0. The molecule has 118 valence electrons. The Morgan fingerprint density at radius 1 is 1.27 bits per heavy atom. The van der Waals surface area contributed by atoms with Crippen molar-refractivity contribution < 1.29 is 20.5 Å². The van der Waals surface area contributed by atoms with Gasteiger partial charge in [0.1, 0.15) is 12.6 Å². The number of carbonyl (C=O) groups excluding carboxylic acids is 2. The number of carbonyl (C=O) groups is 2. The van der Waals surface area contributed by atoms with E-state index in [-0.39, 0.29) is 38.2 Å². The average molecular weight is 304 g/mol. The van der Waals surface area contributed by atoms with E-state index in [9.17, 15) is 9.59 Å². The number of amides is 2. The highest BCUT2D eigenvalue weighted by Crippen LogP contribution is 2.35. The first kappa shape index (κ1) is 13.6. The van der Waals surface area contributed by atoms with Crippen molar-refractivity contribution in [3.63, 3.8) is 0 Å². The van der Waals surface area contributed by atoms with Gasteiger partial charge in [0.25, 0.3) is 0 Å². The Morgan fingerprint density at radius 3 is 2.68 bits per heavy atom. The maximum atomic E-state index is 12.4. The minimum atomic E-state index is -0.386. The van der Waals surface area contributed by atoms with Gasteiger partial charge in [0.05, 0.1) is 25.3 Å². The number of nitrogens with zero attached hydrogens (tertiary/aromatic N) is 2. The number of hydrogen-bond acceptors (Lipinski definition) is 4. The standard InChI is InChI=1S/C16H18N2O4.H2/c19-15-14-6-12(7-17(15)13-9-21-10-13)18(14)16(20)22-8-11-4-2-1-3-5-11;/h1-5,12-14H,6-10H2;1H/t12-,14?;/m1./s1. The molecule has 3 fully saturated rings. The van der Waals surface area contributed by atoms with Crippen LogP contribution in [0.3, 0.4) is 0 Å².